The van der Waals surface area contributed by atoms with Crippen molar-refractivity contribution in [3.63, 3.8) is 0 Å². The van der Waals surface area contributed by atoms with E-state index in [4.69, 9.17) is 0 Å². The quantitative estimate of drug-likeness (QED) is 0.678. The van der Waals surface area contributed by atoms with Crippen LogP contribution < -0.4 is 0 Å². The third-order valence-electron chi connectivity index (χ3n) is 2.93. The highest BCUT2D eigenvalue weighted by Gasteiger charge is 2.05. The number of carbonyl (C=O) groups is 1. The second kappa shape index (κ2) is 5.10. The molecule has 0 aliphatic rings. The number of carbonyl (C=O) groups excluding carboxylic acids is 1. The first kappa shape index (κ1) is 13.1. The standard InChI is InChI=1S/C15H16N2O2/c1-10-6-12(7-11(2)15(10)19)4-5-14(18)13-8-16-17(3)9-13/h4-9,19H,1-3H3. The van der Waals surface area contributed by atoms with Crippen molar-refractivity contribution in [2.24, 2.45) is 7.05 Å². The molecule has 0 saturated carbocycles. The lowest BCUT2D eigenvalue weighted by Gasteiger charge is -2.04. The first-order chi connectivity index (χ1) is 8.97. The Bertz CT molecular complexity index is 631. The first-order valence-electron chi connectivity index (χ1n) is 5.98. The van der Waals surface area contributed by atoms with E-state index in [2.05, 4.69) is 5.10 Å². The minimum atomic E-state index is -0.0866. The molecule has 1 aromatic heterocycles. The van der Waals surface area contributed by atoms with Gasteiger partial charge in [0, 0.05) is 13.2 Å². The van der Waals surface area contributed by atoms with Gasteiger partial charge in [-0.2, -0.15) is 5.10 Å². The summed E-state index contributed by atoms with van der Waals surface area (Å²) in [5, 5.41) is 13.6. The maximum Gasteiger partial charge on any atom is 0.189 e. The molecule has 0 aliphatic carbocycles. The number of aromatic hydroxyl groups is 1. The molecule has 0 radical (unpaired) electrons. The van der Waals surface area contributed by atoms with Crippen LogP contribution in [0.5, 0.6) is 5.75 Å². The van der Waals surface area contributed by atoms with Crippen molar-refractivity contribution < 1.29 is 9.90 Å². The van der Waals surface area contributed by atoms with Crippen molar-refractivity contribution in [1.82, 2.24) is 9.78 Å². The fraction of sp³-hybridized carbons (Fsp3) is 0.200. The van der Waals surface area contributed by atoms with Crippen molar-refractivity contribution in [1.29, 1.82) is 0 Å². The Kier molecular flexibility index (Phi) is 3.51. The van der Waals surface area contributed by atoms with Crippen LogP contribution in [-0.2, 0) is 7.05 Å². The summed E-state index contributed by atoms with van der Waals surface area (Å²) in [6.07, 6.45) is 6.48. The van der Waals surface area contributed by atoms with Crippen LogP contribution in [0.25, 0.3) is 6.08 Å². The topological polar surface area (TPSA) is 55.1 Å². The molecule has 2 aromatic rings. The zero-order valence-corrected chi connectivity index (χ0v) is 11.2. The van der Waals surface area contributed by atoms with Gasteiger partial charge in [0.25, 0.3) is 0 Å². The number of hydrogen-bond donors (Lipinski definition) is 1. The van der Waals surface area contributed by atoms with Crippen LogP contribution in [0, 0.1) is 13.8 Å². The van der Waals surface area contributed by atoms with E-state index in [1.165, 1.54) is 6.08 Å². The minimum Gasteiger partial charge on any atom is -0.507 e. The molecule has 0 aliphatic heterocycles. The van der Waals surface area contributed by atoms with Gasteiger partial charge in [0.05, 0.1) is 11.8 Å². The Morgan fingerprint density at radius 3 is 2.47 bits per heavy atom. The number of aryl methyl sites for hydroxylation is 3. The smallest absolute Gasteiger partial charge is 0.189 e. The third-order valence-corrected chi connectivity index (χ3v) is 2.93. The van der Waals surface area contributed by atoms with Gasteiger partial charge in [0.2, 0.25) is 0 Å². The number of nitrogens with zero attached hydrogens (tertiary/aromatic N) is 2. The largest absolute Gasteiger partial charge is 0.507 e. The van der Waals surface area contributed by atoms with Crippen molar-refractivity contribution in [2.75, 3.05) is 0 Å². The summed E-state index contributed by atoms with van der Waals surface area (Å²) in [5.74, 6) is 0.215. The number of phenols is 1. The zero-order chi connectivity index (χ0) is 14.0. The second-order valence-corrected chi connectivity index (χ2v) is 4.60. The van der Waals surface area contributed by atoms with E-state index >= 15 is 0 Å². The number of rotatable bonds is 3. The molecule has 1 aromatic carbocycles. The van der Waals surface area contributed by atoms with Crippen LogP contribution in [0.2, 0.25) is 0 Å². The monoisotopic (exact) mass is 256 g/mol. The number of ketones is 1. The van der Waals surface area contributed by atoms with Crippen molar-refractivity contribution in [3.05, 3.63) is 52.9 Å². The van der Waals surface area contributed by atoms with Gasteiger partial charge < -0.3 is 5.11 Å². The summed E-state index contributed by atoms with van der Waals surface area (Å²) in [7, 11) is 1.77. The molecule has 1 heterocycles. The maximum atomic E-state index is 11.9. The minimum absolute atomic E-state index is 0.0866. The summed E-state index contributed by atoms with van der Waals surface area (Å²) in [6.45, 7) is 3.67. The predicted octanol–water partition coefficient (Wildman–Crippen LogP) is 2.64. The molecule has 0 bridgehead atoms. The molecule has 0 spiro atoms. The van der Waals surface area contributed by atoms with Crippen molar-refractivity contribution >= 4 is 11.9 Å². The number of phenolic OH excluding ortho intramolecular Hbond substituents is 1. The molecule has 0 unspecified atom stereocenters. The van der Waals surface area contributed by atoms with E-state index in [0.29, 0.717) is 11.3 Å². The van der Waals surface area contributed by atoms with Crippen LogP contribution in [-0.4, -0.2) is 20.7 Å². The molecule has 4 heteroatoms. The van der Waals surface area contributed by atoms with Gasteiger partial charge in [-0.1, -0.05) is 6.08 Å². The van der Waals surface area contributed by atoms with E-state index in [0.717, 1.165) is 16.7 Å². The van der Waals surface area contributed by atoms with Gasteiger partial charge in [0.1, 0.15) is 5.75 Å². The zero-order valence-electron chi connectivity index (χ0n) is 11.2. The highest BCUT2D eigenvalue weighted by Crippen LogP contribution is 2.23. The van der Waals surface area contributed by atoms with Gasteiger partial charge in [-0.25, -0.2) is 0 Å². The normalized spacial score (nSPS) is 11.1. The van der Waals surface area contributed by atoms with Gasteiger partial charge in [0.15, 0.2) is 5.78 Å². The summed E-state index contributed by atoms with van der Waals surface area (Å²) in [5.41, 5.74) is 3.05. The fourth-order valence-corrected chi connectivity index (χ4v) is 1.90. The highest BCUT2D eigenvalue weighted by molar-refractivity contribution is 6.06. The van der Waals surface area contributed by atoms with Crippen LogP contribution in [0.4, 0.5) is 0 Å². The number of aromatic nitrogens is 2. The van der Waals surface area contributed by atoms with Crippen LogP contribution in [0.1, 0.15) is 27.0 Å². The molecule has 0 atom stereocenters. The van der Waals surface area contributed by atoms with E-state index in [9.17, 15) is 9.90 Å². The van der Waals surface area contributed by atoms with E-state index in [-0.39, 0.29) is 5.78 Å². The Labute approximate surface area is 112 Å². The third kappa shape index (κ3) is 2.91. The van der Waals surface area contributed by atoms with Gasteiger partial charge in [-0.15, -0.1) is 0 Å². The molecular weight excluding hydrogens is 240 g/mol. The molecule has 0 fully saturated rings. The molecule has 1 N–H and O–H groups in total. The van der Waals surface area contributed by atoms with E-state index < -0.39 is 0 Å². The fourth-order valence-electron chi connectivity index (χ4n) is 1.90. The summed E-state index contributed by atoms with van der Waals surface area (Å²) in [4.78, 5) is 11.9. The molecule has 19 heavy (non-hydrogen) atoms. The van der Waals surface area contributed by atoms with Gasteiger partial charge in [-0.05, 0) is 48.7 Å². The Morgan fingerprint density at radius 2 is 1.95 bits per heavy atom. The van der Waals surface area contributed by atoms with Crippen LogP contribution >= 0.6 is 0 Å². The summed E-state index contributed by atoms with van der Waals surface area (Å²) < 4.78 is 1.59. The Hall–Kier alpha value is -2.36. The summed E-state index contributed by atoms with van der Waals surface area (Å²) in [6, 6.07) is 3.69. The van der Waals surface area contributed by atoms with Crippen molar-refractivity contribution in [3.8, 4) is 5.75 Å². The molecule has 4 nitrogen and oxygen atoms in total. The average molecular weight is 256 g/mol. The lowest BCUT2D eigenvalue weighted by atomic mass is 10.0. The Balaban J connectivity index is 2.21. The molecular formula is C15H16N2O2. The number of allylic oxidation sites excluding steroid dienone is 1. The first-order valence-corrected chi connectivity index (χ1v) is 5.98. The van der Waals surface area contributed by atoms with Crippen molar-refractivity contribution in [2.45, 2.75) is 13.8 Å². The number of benzene rings is 1. The predicted molar refractivity (Wildman–Crippen MR) is 74.2 cm³/mol. The second-order valence-electron chi connectivity index (χ2n) is 4.60. The van der Waals surface area contributed by atoms with E-state index in [1.807, 2.05) is 26.0 Å². The van der Waals surface area contributed by atoms with Crippen LogP contribution in [0.3, 0.4) is 0 Å². The molecule has 98 valence electrons. The lowest BCUT2D eigenvalue weighted by molar-refractivity contribution is 0.104. The van der Waals surface area contributed by atoms with Gasteiger partial charge >= 0.3 is 0 Å². The molecule has 0 amide bonds. The SMILES string of the molecule is Cc1cc(C=CC(=O)c2cnn(C)c2)cc(C)c1O. The maximum absolute atomic E-state index is 11.9. The van der Waals surface area contributed by atoms with E-state index in [1.54, 1.807) is 30.2 Å². The summed E-state index contributed by atoms with van der Waals surface area (Å²) >= 11 is 0. The van der Waals surface area contributed by atoms with Gasteiger partial charge in [-0.3, -0.25) is 9.48 Å². The Morgan fingerprint density at radius 1 is 1.32 bits per heavy atom. The number of hydrogen-bond acceptors (Lipinski definition) is 3. The molecule has 0 saturated heterocycles. The van der Waals surface area contributed by atoms with Crippen LogP contribution in [0.15, 0.2) is 30.6 Å². The average Bonchev–Trinajstić information content (AvgIpc) is 2.79. The highest BCUT2D eigenvalue weighted by atomic mass is 16.3. The lowest BCUT2D eigenvalue weighted by Crippen LogP contribution is -1.92. The molecule has 2 rings (SSSR count).